The van der Waals surface area contributed by atoms with E-state index in [9.17, 15) is 4.79 Å². The van der Waals surface area contributed by atoms with Crippen molar-refractivity contribution in [1.29, 1.82) is 0 Å². The number of hydrogen-bond acceptors (Lipinski definition) is 9. The Morgan fingerprint density at radius 1 is 1.40 bits per heavy atom. The number of anilines is 1. The van der Waals surface area contributed by atoms with E-state index in [4.69, 9.17) is 16.7 Å². The van der Waals surface area contributed by atoms with Crippen molar-refractivity contribution >= 4 is 45.0 Å². The van der Waals surface area contributed by atoms with E-state index in [-0.39, 0.29) is 12.8 Å². The Labute approximate surface area is 155 Å². The molecule has 1 saturated heterocycles. The summed E-state index contributed by atoms with van der Waals surface area (Å²) in [5.41, 5.74) is 0. The van der Waals surface area contributed by atoms with Crippen molar-refractivity contribution in [1.82, 2.24) is 14.8 Å². The van der Waals surface area contributed by atoms with E-state index < -0.39 is 5.24 Å². The van der Waals surface area contributed by atoms with Gasteiger partial charge in [-0.1, -0.05) is 11.3 Å². The van der Waals surface area contributed by atoms with Crippen molar-refractivity contribution in [3.05, 3.63) is 11.1 Å². The largest absolute Gasteiger partial charge is 0.395 e. The molecule has 3 heterocycles. The topological polar surface area (TPSA) is 93.4 Å². The van der Waals surface area contributed by atoms with Gasteiger partial charge in [0.1, 0.15) is 22.7 Å². The summed E-state index contributed by atoms with van der Waals surface area (Å²) in [6.07, 6.45) is 1.91. The van der Waals surface area contributed by atoms with Gasteiger partial charge in [-0.05, 0) is 18.5 Å². The Balaban J connectivity index is 1.60. The van der Waals surface area contributed by atoms with Gasteiger partial charge in [-0.15, -0.1) is 0 Å². The summed E-state index contributed by atoms with van der Waals surface area (Å²) in [4.78, 5) is 29.4. The fraction of sp³-hybridized carbons (Fsp3) is 0.600. The minimum atomic E-state index is -0.507. The molecule has 1 unspecified atom stereocenters. The summed E-state index contributed by atoms with van der Waals surface area (Å²) in [7, 11) is 0. The van der Waals surface area contributed by atoms with Crippen LogP contribution < -0.4 is 5.32 Å². The number of nitrogens with one attached hydrogen (secondary N) is 1. The Hall–Kier alpha value is -1.55. The molecule has 25 heavy (non-hydrogen) atoms. The van der Waals surface area contributed by atoms with Crippen molar-refractivity contribution in [3.8, 4) is 0 Å². The van der Waals surface area contributed by atoms with Crippen molar-refractivity contribution in [2.24, 2.45) is 9.98 Å². The van der Waals surface area contributed by atoms with E-state index in [2.05, 4.69) is 30.1 Å². The monoisotopic (exact) mass is 384 g/mol. The van der Waals surface area contributed by atoms with Crippen LogP contribution in [-0.4, -0.2) is 82.3 Å². The number of aliphatic imine (C=N–C) groups is 2. The maximum atomic E-state index is 11.2. The summed E-state index contributed by atoms with van der Waals surface area (Å²) < 4.78 is 0. The molecule has 2 aliphatic rings. The summed E-state index contributed by atoms with van der Waals surface area (Å²) in [5.74, 6) is 1.80. The summed E-state index contributed by atoms with van der Waals surface area (Å²) in [6.45, 7) is 6.47. The molecule has 0 aliphatic carbocycles. The van der Waals surface area contributed by atoms with Crippen LogP contribution in [0.2, 0.25) is 0 Å². The first kappa shape index (κ1) is 18.2. The van der Waals surface area contributed by atoms with Gasteiger partial charge in [0.05, 0.1) is 19.2 Å². The minimum absolute atomic E-state index is 0.157. The van der Waals surface area contributed by atoms with Crippen LogP contribution in [0, 0.1) is 0 Å². The van der Waals surface area contributed by atoms with Crippen LogP contribution in [0.5, 0.6) is 0 Å². The van der Waals surface area contributed by atoms with E-state index in [0.717, 1.165) is 44.4 Å². The maximum absolute atomic E-state index is 11.2. The average Bonchev–Trinajstić information content (AvgIpc) is 3.04. The number of halogens is 1. The number of aromatic nitrogens is 1. The molecule has 1 fully saturated rings. The lowest BCUT2D eigenvalue weighted by atomic mass is 10.2. The lowest BCUT2D eigenvalue weighted by molar-refractivity contribution is 0.108. The Morgan fingerprint density at radius 3 is 2.80 bits per heavy atom. The molecule has 1 aromatic heterocycles. The first-order valence-corrected chi connectivity index (χ1v) is 9.39. The standard InChI is InChI=1S/C15H21ClN6O2S/c1-10-18-12(20-15-17-9-11(25-15)14(16)24)8-13(19-10)22-4-2-21(3-5-22)6-7-23/h9-10,23H,2-8H2,1H3,(H,17,18,20). The van der Waals surface area contributed by atoms with E-state index in [0.29, 0.717) is 16.4 Å². The van der Waals surface area contributed by atoms with Gasteiger partial charge >= 0.3 is 0 Å². The molecule has 2 aliphatic heterocycles. The molecule has 0 aromatic carbocycles. The van der Waals surface area contributed by atoms with Crippen LogP contribution in [0.4, 0.5) is 5.13 Å². The molecule has 0 spiro atoms. The second-order valence-electron chi connectivity index (χ2n) is 5.91. The van der Waals surface area contributed by atoms with Gasteiger partial charge in [0.2, 0.25) is 0 Å². The van der Waals surface area contributed by atoms with Gasteiger partial charge in [-0.2, -0.15) is 0 Å². The van der Waals surface area contributed by atoms with Crippen LogP contribution >= 0.6 is 22.9 Å². The Kier molecular flexibility index (Phi) is 6.00. The van der Waals surface area contributed by atoms with Gasteiger partial charge in [0, 0.05) is 32.7 Å². The molecule has 0 amide bonds. The van der Waals surface area contributed by atoms with Crippen LogP contribution in [-0.2, 0) is 0 Å². The van der Waals surface area contributed by atoms with E-state index in [1.165, 1.54) is 17.5 Å². The predicted octanol–water partition coefficient (Wildman–Crippen LogP) is 1.09. The highest BCUT2D eigenvalue weighted by atomic mass is 35.5. The molecule has 2 N–H and O–H groups in total. The number of carbonyl (C=O) groups excluding carboxylic acids is 1. The molecule has 1 aromatic rings. The van der Waals surface area contributed by atoms with E-state index in [1.54, 1.807) is 0 Å². The molecular weight excluding hydrogens is 364 g/mol. The highest BCUT2D eigenvalue weighted by Gasteiger charge is 2.24. The average molecular weight is 385 g/mol. The smallest absolute Gasteiger partial charge is 0.264 e. The first-order valence-electron chi connectivity index (χ1n) is 8.19. The minimum Gasteiger partial charge on any atom is -0.395 e. The normalized spacial score (nSPS) is 21.7. The molecule has 8 nitrogen and oxygen atoms in total. The van der Waals surface area contributed by atoms with Crippen LogP contribution in [0.15, 0.2) is 16.2 Å². The van der Waals surface area contributed by atoms with Crippen molar-refractivity contribution in [2.75, 3.05) is 44.6 Å². The molecular formula is C15H21ClN6O2S. The highest BCUT2D eigenvalue weighted by Crippen LogP contribution is 2.21. The van der Waals surface area contributed by atoms with Gasteiger partial charge in [0.25, 0.3) is 5.24 Å². The lowest BCUT2D eigenvalue weighted by Gasteiger charge is -2.37. The third-order valence-electron chi connectivity index (χ3n) is 4.11. The molecule has 136 valence electrons. The number of thiazole rings is 1. The van der Waals surface area contributed by atoms with Gasteiger partial charge < -0.3 is 15.3 Å². The van der Waals surface area contributed by atoms with Crippen molar-refractivity contribution in [3.63, 3.8) is 0 Å². The van der Waals surface area contributed by atoms with Crippen molar-refractivity contribution in [2.45, 2.75) is 19.5 Å². The van der Waals surface area contributed by atoms with Gasteiger partial charge in [-0.25, -0.2) is 15.0 Å². The SMILES string of the molecule is CC1N=C(Nc2ncc(C(=O)Cl)s2)CC(N2CCN(CCO)CC2)=N1. The number of amidine groups is 2. The summed E-state index contributed by atoms with van der Waals surface area (Å²) >= 11 is 6.68. The second kappa shape index (κ2) is 8.22. The molecule has 3 rings (SSSR count). The number of rotatable bonds is 4. The number of piperazine rings is 1. The number of aliphatic hydroxyl groups is 1. The van der Waals surface area contributed by atoms with Crippen LogP contribution in [0.1, 0.15) is 23.0 Å². The zero-order valence-corrected chi connectivity index (χ0v) is 15.6. The highest BCUT2D eigenvalue weighted by molar-refractivity contribution is 7.19. The van der Waals surface area contributed by atoms with E-state index in [1.807, 2.05) is 6.92 Å². The quantitative estimate of drug-likeness (QED) is 0.755. The number of hydrogen-bond donors (Lipinski definition) is 2. The Morgan fingerprint density at radius 2 is 2.16 bits per heavy atom. The third-order valence-corrected chi connectivity index (χ3v) is 5.34. The van der Waals surface area contributed by atoms with Crippen LogP contribution in [0.25, 0.3) is 0 Å². The lowest BCUT2D eigenvalue weighted by Crippen LogP contribution is -2.50. The molecule has 10 heteroatoms. The fourth-order valence-corrected chi connectivity index (χ4v) is 3.73. The second-order valence-corrected chi connectivity index (χ2v) is 7.28. The summed E-state index contributed by atoms with van der Waals surface area (Å²) in [6, 6.07) is 0. The van der Waals surface area contributed by atoms with Crippen molar-refractivity contribution < 1.29 is 9.90 Å². The first-order chi connectivity index (χ1) is 12.0. The maximum Gasteiger partial charge on any atom is 0.264 e. The zero-order chi connectivity index (χ0) is 17.8. The number of aliphatic hydroxyl groups excluding tert-OH is 1. The molecule has 1 atom stereocenters. The van der Waals surface area contributed by atoms with Gasteiger partial charge in [0.15, 0.2) is 5.13 Å². The number of carbonyl (C=O) groups is 1. The number of nitrogens with zero attached hydrogens (tertiary/aromatic N) is 5. The fourth-order valence-electron chi connectivity index (χ4n) is 2.90. The molecule has 0 saturated carbocycles. The molecule has 0 bridgehead atoms. The predicted molar refractivity (Wildman–Crippen MR) is 100.0 cm³/mol. The number of β-amino-alcohol motifs (C(OH)–C–C–N with tert-alkyl or cyclic N) is 1. The van der Waals surface area contributed by atoms with E-state index >= 15 is 0 Å². The Bertz CT molecular complexity index is 683. The van der Waals surface area contributed by atoms with Crippen LogP contribution in [0.3, 0.4) is 0 Å². The third kappa shape index (κ3) is 4.75. The summed E-state index contributed by atoms with van der Waals surface area (Å²) in [5, 5.41) is 12.3. The van der Waals surface area contributed by atoms with Gasteiger partial charge in [-0.3, -0.25) is 9.69 Å². The zero-order valence-electron chi connectivity index (χ0n) is 14.0. The molecule has 0 radical (unpaired) electrons.